The number of nitrogens with zero attached hydrogens (tertiary/aromatic N) is 2. The Morgan fingerprint density at radius 1 is 0.968 bits per heavy atom. The zero-order valence-corrected chi connectivity index (χ0v) is 18.0. The summed E-state index contributed by atoms with van der Waals surface area (Å²) in [5, 5.41) is 6.09. The molecular weight excluding hydrogens is 412 g/mol. The van der Waals surface area contributed by atoms with Gasteiger partial charge in [-0.15, -0.1) is 0 Å². The summed E-state index contributed by atoms with van der Waals surface area (Å²) in [5.41, 5.74) is 3.41. The van der Waals surface area contributed by atoms with Gasteiger partial charge >= 0.3 is 0 Å². The van der Waals surface area contributed by atoms with E-state index in [0.29, 0.717) is 23.7 Å². The van der Waals surface area contributed by atoms with E-state index in [0.717, 1.165) is 23.0 Å². The molecule has 31 heavy (non-hydrogen) atoms. The number of carbonyl (C=O) groups is 1. The smallest absolute Gasteiger partial charge is 0.255 e. The van der Waals surface area contributed by atoms with Gasteiger partial charge in [0, 0.05) is 29.7 Å². The predicted octanol–water partition coefficient (Wildman–Crippen LogP) is 4.46. The fourth-order valence-electron chi connectivity index (χ4n) is 3.34. The first kappa shape index (κ1) is 20.6. The number of rotatable bonds is 6. The lowest BCUT2D eigenvalue weighted by molar-refractivity contribution is 0.102. The highest BCUT2D eigenvalue weighted by Crippen LogP contribution is 2.24. The van der Waals surface area contributed by atoms with Crippen molar-refractivity contribution in [3.63, 3.8) is 0 Å². The van der Waals surface area contributed by atoms with Crippen LogP contribution >= 0.6 is 0 Å². The number of sulfone groups is 1. The molecule has 0 spiro atoms. The number of nitrogens with one attached hydrogen (secondary N) is 2. The highest BCUT2D eigenvalue weighted by atomic mass is 32.2. The van der Waals surface area contributed by atoms with Crippen molar-refractivity contribution >= 4 is 44.1 Å². The van der Waals surface area contributed by atoms with Crippen molar-refractivity contribution in [3.8, 4) is 0 Å². The van der Waals surface area contributed by atoms with Crippen molar-refractivity contribution in [2.75, 3.05) is 16.9 Å². The number of hydrogen-bond acceptors (Lipinski definition) is 5. The summed E-state index contributed by atoms with van der Waals surface area (Å²) in [6.07, 6.45) is 1.13. The van der Waals surface area contributed by atoms with E-state index in [9.17, 15) is 13.2 Å². The van der Waals surface area contributed by atoms with Gasteiger partial charge in [-0.3, -0.25) is 4.79 Å². The average Bonchev–Trinajstić information content (AvgIpc) is 3.10. The summed E-state index contributed by atoms with van der Waals surface area (Å²) in [4.78, 5) is 17.6. The number of imidazole rings is 1. The number of fused-ring (bicyclic) bond motifs is 1. The number of hydrogen-bond donors (Lipinski definition) is 2. The second kappa shape index (κ2) is 8.23. The van der Waals surface area contributed by atoms with Crippen molar-refractivity contribution < 1.29 is 13.2 Å². The number of anilines is 3. The van der Waals surface area contributed by atoms with Crippen LogP contribution in [0.3, 0.4) is 0 Å². The van der Waals surface area contributed by atoms with Crippen LogP contribution < -0.4 is 10.6 Å². The second-order valence-corrected chi connectivity index (χ2v) is 9.14. The molecule has 4 rings (SSSR count). The first-order valence-corrected chi connectivity index (χ1v) is 11.7. The average molecular weight is 435 g/mol. The summed E-state index contributed by atoms with van der Waals surface area (Å²) in [7, 11) is -3.36. The second-order valence-electron chi connectivity index (χ2n) is 7.13. The van der Waals surface area contributed by atoms with E-state index in [1.165, 1.54) is 12.1 Å². The third-order valence-corrected chi connectivity index (χ3v) is 5.99. The van der Waals surface area contributed by atoms with Crippen LogP contribution in [0.5, 0.6) is 0 Å². The fraction of sp³-hybridized carbons (Fsp3) is 0.130. The summed E-state index contributed by atoms with van der Waals surface area (Å²) >= 11 is 0. The molecule has 1 aromatic heterocycles. The molecule has 0 atom stereocenters. The van der Waals surface area contributed by atoms with Gasteiger partial charge < -0.3 is 15.2 Å². The molecule has 0 fully saturated rings. The molecule has 1 amide bonds. The Balaban J connectivity index is 1.63. The van der Waals surface area contributed by atoms with Gasteiger partial charge in [0.1, 0.15) is 0 Å². The van der Waals surface area contributed by atoms with Gasteiger partial charge in [0.25, 0.3) is 5.91 Å². The summed E-state index contributed by atoms with van der Waals surface area (Å²) in [6.45, 7) is 2.69. The van der Waals surface area contributed by atoms with Crippen LogP contribution in [0, 0.1) is 0 Å². The van der Waals surface area contributed by atoms with E-state index in [1.807, 2.05) is 41.8 Å². The van der Waals surface area contributed by atoms with E-state index in [1.54, 1.807) is 30.3 Å². The molecule has 0 aliphatic heterocycles. The lowest BCUT2D eigenvalue weighted by Crippen LogP contribution is -2.12. The highest BCUT2D eigenvalue weighted by molar-refractivity contribution is 7.90. The molecule has 1 heterocycles. The molecule has 7 nitrogen and oxygen atoms in total. The number of para-hydroxylation sites is 1. The maximum Gasteiger partial charge on any atom is 0.255 e. The zero-order chi connectivity index (χ0) is 22.0. The molecule has 0 unspecified atom stereocenters. The third-order valence-electron chi connectivity index (χ3n) is 4.88. The molecule has 8 heteroatoms. The molecule has 0 aliphatic rings. The topological polar surface area (TPSA) is 93.1 Å². The van der Waals surface area contributed by atoms with E-state index in [4.69, 9.17) is 0 Å². The Labute approximate surface area is 180 Å². The van der Waals surface area contributed by atoms with Crippen LogP contribution in [-0.4, -0.2) is 30.1 Å². The normalized spacial score (nSPS) is 11.4. The molecule has 0 radical (unpaired) electrons. The number of aromatic nitrogens is 2. The van der Waals surface area contributed by atoms with Gasteiger partial charge in [0.15, 0.2) is 9.84 Å². The van der Waals surface area contributed by atoms with Crippen molar-refractivity contribution in [2.45, 2.75) is 18.4 Å². The Kier molecular flexibility index (Phi) is 5.48. The quantitative estimate of drug-likeness (QED) is 0.467. The van der Waals surface area contributed by atoms with Crippen LogP contribution in [0.2, 0.25) is 0 Å². The van der Waals surface area contributed by atoms with Crippen molar-refractivity contribution in [2.24, 2.45) is 0 Å². The van der Waals surface area contributed by atoms with Gasteiger partial charge in [-0.25, -0.2) is 13.4 Å². The zero-order valence-electron chi connectivity index (χ0n) is 17.2. The van der Waals surface area contributed by atoms with Crippen LogP contribution in [0.1, 0.15) is 17.3 Å². The fourth-order valence-corrected chi connectivity index (χ4v) is 4.00. The number of amides is 1. The lowest BCUT2D eigenvalue weighted by Gasteiger charge is -2.09. The Bertz CT molecular complexity index is 1360. The molecule has 0 saturated carbocycles. The maximum atomic E-state index is 12.8. The molecule has 0 bridgehead atoms. The van der Waals surface area contributed by atoms with E-state index in [2.05, 4.69) is 15.6 Å². The van der Waals surface area contributed by atoms with Crippen LogP contribution in [-0.2, 0) is 16.4 Å². The molecule has 158 valence electrons. The van der Waals surface area contributed by atoms with Gasteiger partial charge in [-0.2, -0.15) is 0 Å². The van der Waals surface area contributed by atoms with E-state index in [-0.39, 0.29) is 10.8 Å². The molecular formula is C23H22N4O3S. The lowest BCUT2D eigenvalue weighted by atomic mass is 10.2. The standard InChI is InChI=1S/C23H22N4O3S/c1-3-27-21-14-16(22(28)24-18-10-7-11-19(15-18)31(2,29)30)12-13-20(21)26-23(27)25-17-8-5-4-6-9-17/h4-15H,3H2,1-2H3,(H,24,28)(H,25,26). The largest absolute Gasteiger partial charge is 0.326 e. The summed E-state index contributed by atoms with van der Waals surface area (Å²) in [5.74, 6) is 0.371. The highest BCUT2D eigenvalue weighted by Gasteiger charge is 2.14. The maximum absolute atomic E-state index is 12.8. The number of aryl methyl sites for hydroxylation is 1. The van der Waals surface area contributed by atoms with Crippen LogP contribution in [0.25, 0.3) is 11.0 Å². The first-order valence-electron chi connectivity index (χ1n) is 9.79. The minimum atomic E-state index is -3.36. The minimum absolute atomic E-state index is 0.154. The van der Waals surface area contributed by atoms with Gasteiger partial charge in [-0.05, 0) is 55.5 Å². The minimum Gasteiger partial charge on any atom is -0.326 e. The summed E-state index contributed by atoms with van der Waals surface area (Å²) < 4.78 is 25.5. The van der Waals surface area contributed by atoms with Crippen molar-refractivity contribution in [1.29, 1.82) is 0 Å². The SMILES string of the molecule is CCn1c(Nc2ccccc2)nc2ccc(C(=O)Nc3cccc(S(C)(=O)=O)c3)cc21. The van der Waals surface area contributed by atoms with Crippen molar-refractivity contribution in [1.82, 2.24) is 9.55 Å². The molecule has 0 saturated heterocycles. The van der Waals surface area contributed by atoms with E-state index >= 15 is 0 Å². The Morgan fingerprint density at radius 2 is 1.71 bits per heavy atom. The van der Waals surface area contributed by atoms with E-state index < -0.39 is 9.84 Å². The van der Waals surface area contributed by atoms with Gasteiger partial charge in [-0.1, -0.05) is 24.3 Å². The van der Waals surface area contributed by atoms with Crippen molar-refractivity contribution in [3.05, 3.63) is 78.4 Å². The summed E-state index contributed by atoms with van der Waals surface area (Å²) in [6, 6.07) is 21.3. The number of carbonyl (C=O) groups excluding carboxylic acids is 1. The molecule has 4 aromatic rings. The molecule has 2 N–H and O–H groups in total. The molecule has 0 aliphatic carbocycles. The van der Waals surface area contributed by atoms with Crippen LogP contribution in [0.15, 0.2) is 77.7 Å². The first-order chi connectivity index (χ1) is 14.8. The monoisotopic (exact) mass is 434 g/mol. The third kappa shape index (κ3) is 4.44. The Hall–Kier alpha value is -3.65. The van der Waals surface area contributed by atoms with Gasteiger partial charge in [0.05, 0.1) is 15.9 Å². The predicted molar refractivity (Wildman–Crippen MR) is 123 cm³/mol. The van der Waals surface area contributed by atoms with Crippen LogP contribution in [0.4, 0.5) is 17.3 Å². The molecule has 3 aromatic carbocycles. The Morgan fingerprint density at radius 3 is 2.42 bits per heavy atom. The van der Waals surface area contributed by atoms with Gasteiger partial charge in [0.2, 0.25) is 5.95 Å². The number of benzene rings is 3.